The summed E-state index contributed by atoms with van der Waals surface area (Å²) in [6, 6.07) is 3.25. The van der Waals surface area contributed by atoms with E-state index in [0.29, 0.717) is 0 Å². The highest BCUT2D eigenvalue weighted by Gasteiger charge is 2.27. The average Bonchev–Trinajstić information content (AvgIpc) is 1.94. The van der Waals surface area contributed by atoms with Crippen LogP contribution in [0.1, 0.15) is 5.56 Å². The van der Waals surface area contributed by atoms with Gasteiger partial charge in [0.15, 0.2) is 0 Å². The van der Waals surface area contributed by atoms with E-state index in [2.05, 4.69) is 15.9 Å². The van der Waals surface area contributed by atoms with Crippen LogP contribution < -0.4 is 0 Å². The molecule has 0 heterocycles. The van der Waals surface area contributed by atoms with Gasteiger partial charge in [-0.05, 0) is 33.6 Å². The third-order valence-electron chi connectivity index (χ3n) is 1.39. The van der Waals surface area contributed by atoms with Crippen LogP contribution in [0.15, 0.2) is 22.7 Å². The highest BCUT2D eigenvalue weighted by Crippen LogP contribution is 2.24. The fraction of sp³-hybridized carbons (Fsp3) is 0.250. The lowest BCUT2D eigenvalue weighted by molar-refractivity contribution is -0.127. The highest BCUT2D eigenvalue weighted by atomic mass is 79.9. The molecular formula is C8H5BrF4. The summed E-state index contributed by atoms with van der Waals surface area (Å²) in [5.74, 6) is -0.564. The maximum Gasteiger partial charge on any atom is 0.393 e. The van der Waals surface area contributed by atoms with Crippen molar-refractivity contribution in [1.29, 1.82) is 0 Å². The quantitative estimate of drug-likeness (QED) is 0.673. The third kappa shape index (κ3) is 3.34. The molecule has 0 atom stereocenters. The maximum atomic E-state index is 12.6. The fourth-order valence-electron chi connectivity index (χ4n) is 0.881. The molecule has 0 aliphatic carbocycles. The lowest BCUT2D eigenvalue weighted by Gasteiger charge is -2.06. The minimum atomic E-state index is -4.25. The smallest absolute Gasteiger partial charge is 0.206 e. The van der Waals surface area contributed by atoms with E-state index in [1.54, 1.807) is 0 Å². The summed E-state index contributed by atoms with van der Waals surface area (Å²) in [6.07, 6.45) is -5.29. The second-order valence-corrected chi connectivity index (χ2v) is 3.39. The van der Waals surface area contributed by atoms with Crippen LogP contribution in [0.5, 0.6) is 0 Å². The first-order valence-electron chi connectivity index (χ1n) is 3.39. The van der Waals surface area contributed by atoms with Crippen molar-refractivity contribution in [2.24, 2.45) is 0 Å². The fourth-order valence-corrected chi connectivity index (χ4v) is 1.31. The van der Waals surface area contributed by atoms with Crippen LogP contribution in [0.3, 0.4) is 0 Å². The van der Waals surface area contributed by atoms with Crippen molar-refractivity contribution in [2.75, 3.05) is 0 Å². The summed E-state index contributed by atoms with van der Waals surface area (Å²) in [7, 11) is 0. The van der Waals surface area contributed by atoms with E-state index in [1.165, 1.54) is 0 Å². The number of benzene rings is 1. The van der Waals surface area contributed by atoms with Gasteiger partial charge in [0.25, 0.3) is 0 Å². The molecule has 72 valence electrons. The van der Waals surface area contributed by atoms with Gasteiger partial charge in [-0.1, -0.05) is 6.07 Å². The Bertz CT molecular complexity index is 306. The molecule has 0 saturated heterocycles. The van der Waals surface area contributed by atoms with Gasteiger partial charge in [-0.25, -0.2) is 4.39 Å². The molecule has 5 heteroatoms. The van der Waals surface area contributed by atoms with Crippen molar-refractivity contribution in [3.63, 3.8) is 0 Å². The summed E-state index contributed by atoms with van der Waals surface area (Å²) in [5, 5.41) is 0. The Hall–Kier alpha value is -0.580. The van der Waals surface area contributed by atoms with Crippen LogP contribution in [-0.4, -0.2) is 6.18 Å². The summed E-state index contributed by atoms with van der Waals surface area (Å²) in [5.41, 5.74) is 0.0424. The molecule has 13 heavy (non-hydrogen) atoms. The molecule has 0 aromatic heterocycles. The zero-order chi connectivity index (χ0) is 10.1. The van der Waals surface area contributed by atoms with E-state index in [4.69, 9.17) is 0 Å². The molecule has 1 aromatic carbocycles. The Kier molecular flexibility index (Phi) is 2.95. The first-order valence-corrected chi connectivity index (χ1v) is 4.18. The van der Waals surface area contributed by atoms with Crippen molar-refractivity contribution in [1.82, 2.24) is 0 Å². The standard InChI is InChI=1S/C8H5BrF4/c9-6-3-5(1-2-7(6)10)4-8(11,12)13/h1-3H,4H2. The largest absolute Gasteiger partial charge is 0.393 e. The molecule has 1 rings (SSSR count). The lowest BCUT2D eigenvalue weighted by Crippen LogP contribution is -2.11. The molecule has 0 unspecified atom stereocenters. The maximum absolute atomic E-state index is 12.6. The van der Waals surface area contributed by atoms with Crippen LogP contribution in [0.2, 0.25) is 0 Å². The number of halogens is 5. The van der Waals surface area contributed by atoms with Crippen molar-refractivity contribution in [3.05, 3.63) is 34.1 Å². The van der Waals surface area contributed by atoms with E-state index in [-0.39, 0.29) is 10.0 Å². The number of alkyl halides is 3. The molecule has 0 spiro atoms. The van der Waals surface area contributed by atoms with Gasteiger partial charge in [0.1, 0.15) is 5.82 Å². The van der Waals surface area contributed by atoms with Crippen LogP contribution in [0.4, 0.5) is 17.6 Å². The predicted octanol–water partition coefficient (Wildman–Crippen LogP) is 3.69. The Labute approximate surface area is 80.7 Å². The van der Waals surface area contributed by atoms with Gasteiger partial charge in [0, 0.05) is 0 Å². The lowest BCUT2D eigenvalue weighted by atomic mass is 10.1. The van der Waals surface area contributed by atoms with Crippen LogP contribution in [0, 0.1) is 5.82 Å². The number of rotatable bonds is 1. The molecule has 0 bridgehead atoms. The Balaban J connectivity index is 2.86. The van der Waals surface area contributed by atoms with Gasteiger partial charge >= 0.3 is 6.18 Å². The Morgan fingerprint density at radius 3 is 2.31 bits per heavy atom. The zero-order valence-corrected chi connectivity index (χ0v) is 7.91. The van der Waals surface area contributed by atoms with Gasteiger partial charge < -0.3 is 0 Å². The molecule has 0 N–H and O–H groups in total. The van der Waals surface area contributed by atoms with Gasteiger partial charge in [0.05, 0.1) is 10.9 Å². The van der Waals surface area contributed by atoms with Crippen LogP contribution >= 0.6 is 15.9 Å². The van der Waals surface area contributed by atoms with Crippen LogP contribution in [0.25, 0.3) is 0 Å². The van der Waals surface area contributed by atoms with Gasteiger partial charge in [-0.3, -0.25) is 0 Å². The van der Waals surface area contributed by atoms with E-state index < -0.39 is 18.4 Å². The predicted molar refractivity (Wildman–Crippen MR) is 43.9 cm³/mol. The van der Waals surface area contributed by atoms with E-state index >= 15 is 0 Å². The summed E-state index contributed by atoms with van der Waals surface area (Å²) in [4.78, 5) is 0. The second-order valence-electron chi connectivity index (χ2n) is 2.54. The normalized spacial score (nSPS) is 11.8. The molecular weight excluding hydrogens is 252 g/mol. The number of hydrogen-bond acceptors (Lipinski definition) is 0. The molecule has 0 fully saturated rings. The minimum absolute atomic E-state index is 0.0424. The van der Waals surface area contributed by atoms with Crippen molar-refractivity contribution in [2.45, 2.75) is 12.6 Å². The SMILES string of the molecule is Fc1ccc(CC(F)(F)F)cc1Br. The van der Waals surface area contributed by atoms with E-state index in [0.717, 1.165) is 18.2 Å². The van der Waals surface area contributed by atoms with E-state index in [9.17, 15) is 17.6 Å². The second kappa shape index (κ2) is 3.65. The minimum Gasteiger partial charge on any atom is -0.206 e. The average molecular weight is 257 g/mol. The summed E-state index contributed by atoms with van der Waals surface area (Å²) in [6.45, 7) is 0. The van der Waals surface area contributed by atoms with E-state index in [1.807, 2.05) is 0 Å². The molecule has 0 saturated carbocycles. The van der Waals surface area contributed by atoms with Crippen molar-refractivity contribution in [3.8, 4) is 0 Å². The topological polar surface area (TPSA) is 0 Å². The number of hydrogen-bond donors (Lipinski definition) is 0. The van der Waals surface area contributed by atoms with Crippen molar-refractivity contribution >= 4 is 15.9 Å². The molecule has 1 aromatic rings. The van der Waals surface area contributed by atoms with Crippen LogP contribution in [-0.2, 0) is 6.42 Å². The van der Waals surface area contributed by atoms with Gasteiger partial charge in [0.2, 0.25) is 0 Å². The summed E-state index contributed by atoms with van der Waals surface area (Å²) >= 11 is 2.81. The van der Waals surface area contributed by atoms with Crippen molar-refractivity contribution < 1.29 is 17.6 Å². The third-order valence-corrected chi connectivity index (χ3v) is 2.00. The van der Waals surface area contributed by atoms with Gasteiger partial charge in [-0.2, -0.15) is 13.2 Å². The summed E-state index contributed by atoms with van der Waals surface area (Å²) < 4.78 is 48.2. The first kappa shape index (κ1) is 10.5. The first-order chi connectivity index (χ1) is 5.88. The molecule has 0 aliphatic rings. The molecule has 0 amide bonds. The molecule has 0 aliphatic heterocycles. The zero-order valence-electron chi connectivity index (χ0n) is 6.33. The molecule has 0 radical (unpaired) electrons. The van der Waals surface area contributed by atoms with Gasteiger partial charge in [-0.15, -0.1) is 0 Å². The Morgan fingerprint density at radius 2 is 1.85 bits per heavy atom. The highest BCUT2D eigenvalue weighted by molar-refractivity contribution is 9.10. The Morgan fingerprint density at radius 1 is 1.23 bits per heavy atom. The molecule has 0 nitrogen and oxygen atoms in total. The monoisotopic (exact) mass is 256 g/mol.